The van der Waals surface area contributed by atoms with Gasteiger partial charge in [0.1, 0.15) is 0 Å². The van der Waals surface area contributed by atoms with E-state index in [9.17, 15) is 9.59 Å². The zero-order chi connectivity index (χ0) is 16.3. The number of carbonyl (C=O) groups excluding carboxylic acids is 2. The first-order valence-electron chi connectivity index (χ1n) is 7.10. The fraction of sp³-hybridized carbons (Fsp3) is 0.222. The van der Waals surface area contributed by atoms with Crippen LogP contribution in [0.1, 0.15) is 48.2 Å². The lowest BCUT2D eigenvalue weighted by Gasteiger charge is -2.13. The van der Waals surface area contributed by atoms with Crippen molar-refractivity contribution in [1.29, 1.82) is 0 Å². The standard InChI is InChI=1S/C18H18ClNO2/c1-11(2)14-6-9-17(20-12(3)21)16(10-14)18(22)13-4-7-15(19)8-5-13/h4-11H,1-3H3,(H,20,21). The normalized spacial score (nSPS) is 10.6. The first-order chi connectivity index (χ1) is 10.4. The first-order valence-corrected chi connectivity index (χ1v) is 7.48. The van der Waals surface area contributed by atoms with Gasteiger partial charge in [0, 0.05) is 23.1 Å². The van der Waals surface area contributed by atoms with E-state index in [0.29, 0.717) is 27.8 Å². The van der Waals surface area contributed by atoms with Crippen molar-refractivity contribution in [3.05, 3.63) is 64.2 Å². The Labute approximate surface area is 135 Å². The summed E-state index contributed by atoms with van der Waals surface area (Å²) in [6, 6.07) is 12.3. The van der Waals surface area contributed by atoms with Crippen LogP contribution >= 0.6 is 11.6 Å². The van der Waals surface area contributed by atoms with E-state index in [1.165, 1.54) is 6.92 Å². The molecule has 0 saturated carbocycles. The number of nitrogens with one attached hydrogen (secondary N) is 1. The summed E-state index contributed by atoms with van der Waals surface area (Å²) in [5, 5.41) is 3.29. The molecule has 0 bridgehead atoms. The number of hydrogen-bond donors (Lipinski definition) is 1. The molecular weight excluding hydrogens is 298 g/mol. The Hall–Kier alpha value is -2.13. The lowest BCUT2D eigenvalue weighted by molar-refractivity contribution is -0.114. The van der Waals surface area contributed by atoms with Gasteiger partial charge in [-0.25, -0.2) is 0 Å². The average molecular weight is 316 g/mol. The number of ketones is 1. The van der Waals surface area contributed by atoms with Gasteiger partial charge in [-0.05, 0) is 47.9 Å². The van der Waals surface area contributed by atoms with Gasteiger partial charge < -0.3 is 5.32 Å². The van der Waals surface area contributed by atoms with E-state index in [0.717, 1.165) is 5.56 Å². The monoisotopic (exact) mass is 315 g/mol. The Morgan fingerprint density at radius 2 is 1.68 bits per heavy atom. The fourth-order valence-corrected chi connectivity index (χ4v) is 2.29. The van der Waals surface area contributed by atoms with Gasteiger partial charge >= 0.3 is 0 Å². The van der Waals surface area contributed by atoms with Gasteiger partial charge in [-0.3, -0.25) is 9.59 Å². The Morgan fingerprint density at radius 3 is 2.23 bits per heavy atom. The molecule has 1 N–H and O–H groups in total. The smallest absolute Gasteiger partial charge is 0.221 e. The van der Waals surface area contributed by atoms with E-state index in [1.54, 1.807) is 30.3 Å². The minimum Gasteiger partial charge on any atom is -0.326 e. The fourth-order valence-electron chi connectivity index (χ4n) is 2.16. The first kappa shape index (κ1) is 16.2. The molecule has 0 aliphatic heterocycles. The summed E-state index contributed by atoms with van der Waals surface area (Å²) in [5.74, 6) is -0.0477. The van der Waals surface area contributed by atoms with Crippen molar-refractivity contribution in [2.45, 2.75) is 26.7 Å². The molecule has 22 heavy (non-hydrogen) atoms. The highest BCUT2D eigenvalue weighted by molar-refractivity contribution is 6.30. The lowest BCUT2D eigenvalue weighted by Crippen LogP contribution is -2.12. The molecular formula is C18H18ClNO2. The van der Waals surface area contributed by atoms with Crippen LogP contribution in [0.25, 0.3) is 0 Å². The van der Waals surface area contributed by atoms with Crippen molar-refractivity contribution in [1.82, 2.24) is 0 Å². The van der Waals surface area contributed by atoms with Crippen LogP contribution in [-0.4, -0.2) is 11.7 Å². The van der Waals surface area contributed by atoms with E-state index >= 15 is 0 Å². The molecule has 0 heterocycles. The summed E-state index contributed by atoms with van der Waals surface area (Å²) in [6.07, 6.45) is 0. The summed E-state index contributed by atoms with van der Waals surface area (Å²) in [6.45, 7) is 5.54. The summed E-state index contributed by atoms with van der Waals surface area (Å²) in [4.78, 5) is 24.1. The molecule has 0 aliphatic carbocycles. The maximum atomic E-state index is 12.7. The summed E-state index contributed by atoms with van der Waals surface area (Å²) >= 11 is 5.86. The molecule has 0 unspecified atom stereocenters. The van der Waals surface area contributed by atoms with Gasteiger partial charge in [0.2, 0.25) is 5.91 Å². The average Bonchev–Trinajstić information content (AvgIpc) is 2.47. The van der Waals surface area contributed by atoms with Gasteiger partial charge in [-0.1, -0.05) is 31.5 Å². The van der Waals surface area contributed by atoms with Crippen molar-refractivity contribution in [3.63, 3.8) is 0 Å². The largest absolute Gasteiger partial charge is 0.326 e. The quantitative estimate of drug-likeness (QED) is 0.834. The van der Waals surface area contributed by atoms with Crippen LogP contribution in [0.3, 0.4) is 0 Å². The summed E-state index contributed by atoms with van der Waals surface area (Å²) in [7, 11) is 0. The number of benzene rings is 2. The zero-order valence-corrected chi connectivity index (χ0v) is 13.6. The molecule has 4 heteroatoms. The van der Waals surface area contributed by atoms with Gasteiger partial charge in [0.25, 0.3) is 0 Å². The Morgan fingerprint density at radius 1 is 1.05 bits per heavy atom. The number of amides is 1. The third kappa shape index (κ3) is 3.74. The Bertz CT molecular complexity index is 706. The highest BCUT2D eigenvalue weighted by Gasteiger charge is 2.16. The van der Waals surface area contributed by atoms with Crippen LogP contribution in [0.2, 0.25) is 5.02 Å². The predicted octanol–water partition coefficient (Wildman–Crippen LogP) is 4.65. The maximum Gasteiger partial charge on any atom is 0.221 e. The van der Waals surface area contributed by atoms with Crippen molar-refractivity contribution >= 4 is 29.0 Å². The van der Waals surface area contributed by atoms with Crippen LogP contribution in [0.4, 0.5) is 5.69 Å². The second-order valence-corrected chi connectivity index (χ2v) is 5.91. The van der Waals surface area contributed by atoms with Gasteiger partial charge in [0.05, 0.1) is 5.69 Å². The van der Waals surface area contributed by atoms with Crippen molar-refractivity contribution < 1.29 is 9.59 Å². The molecule has 0 aromatic heterocycles. The van der Waals surface area contributed by atoms with Crippen LogP contribution in [0.5, 0.6) is 0 Å². The molecule has 2 aromatic rings. The Kier molecular flexibility index (Phi) is 4.99. The number of hydrogen-bond acceptors (Lipinski definition) is 2. The van der Waals surface area contributed by atoms with Crippen molar-refractivity contribution in [2.75, 3.05) is 5.32 Å². The summed E-state index contributed by atoms with van der Waals surface area (Å²) in [5.41, 5.74) is 2.60. The van der Waals surface area contributed by atoms with E-state index < -0.39 is 0 Å². The van der Waals surface area contributed by atoms with E-state index in [-0.39, 0.29) is 11.7 Å². The second kappa shape index (κ2) is 6.75. The van der Waals surface area contributed by atoms with E-state index in [4.69, 9.17) is 11.6 Å². The van der Waals surface area contributed by atoms with Gasteiger partial charge in [0.15, 0.2) is 5.78 Å². The maximum absolute atomic E-state index is 12.7. The molecule has 0 aliphatic rings. The third-order valence-corrected chi connectivity index (χ3v) is 3.62. The summed E-state index contributed by atoms with van der Waals surface area (Å²) < 4.78 is 0. The van der Waals surface area contributed by atoms with E-state index in [2.05, 4.69) is 19.2 Å². The van der Waals surface area contributed by atoms with Crippen LogP contribution in [-0.2, 0) is 4.79 Å². The lowest BCUT2D eigenvalue weighted by atomic mass is 9.95. The topological polar surface area (TPSA) is 46.2 Å². The molecule has 0 spiro atoms. The van der Waals surface area contributed by atoms with Gasteiger partial charge in [-0.2, -0.15) is 0 Å². The van der Waals surface area contributed by atoms with E-state index in [1.807, 2.05) is 12.1 Å². The number of halogens is 1. The number of anilines is 1. The molecule has 1 amide bonds. The second-order valence-electron chi connectivity index (χ2n) is 5.48. The molecule has 114 valence electrons. The van der Waals surface area contributed by atoms with Gasteiger partial charge in [-0.15, -0.1) is 0 Å². The highest BCUT2D eigenvalue weighted by Crippen LogP contribution is 2.25. The molecule has 0 saturated heterocycles. The minimum atomic E-state index is -0.206. The molecule has 3 nitrogen and oxygen atoms in total. The minimum absolute atomic E-state index is 0.136. The molecule has 0 radical (unpaired) electrons. The molecule has 2 aromatic carbocycles. The molecule has 0 atom stereocenters. The molecule has 2 rings (SSSR count). The molecule has 0 fully saturated rings. The Balaban J connectivity index is 2.49. The van der Waals surface area contributed by atoms with Crippen LogP contribution in [0.15, 0.2) is 42.5 Å². The SMILES string of the molecule is CC(=O)Nc1ccc(C(C)C)cc1C(=O)c1ccc(Cl)cc1. The highest BCUT2D eigenvalue weighted by atomic mass is 35.5. The number of carbonyl (C=O) groups is 2. The number of rotatable bonds is 4. The zero-order valence-electron chi connectivity index (χ0n) is 12.8. The third-order valence-electron chi connectivity index (χ3n) is 3.37. The van der Waals surface area contributed by atoms with Crippen LogP contribution in [0, 0.1) is 0 Å². The predicted molar refractivity (Wildman–Crippen MR) is 89.7 cm³/mol. The van der Waals surface area contributed by atoms with Crippen molar-refractivity contribution in [3.8, 4) is 0 Å². The van der Waals surface area contributed by atoms with Crippen molar-refractivity contribution in [2.24, 2.45) is 0 Å². The van der Waals surface area contributed by atoms with Crippen LogP contribution < -0.4 is 5.32 Å².